The molecular formula is C21H16S. The SMILES string of the molecule is Cc1ccc(-c2ccc(-c3ccc4ccsc4c3)cc2)cc1. The smallest absolute Gasteiger partial charge is 0.0348 e. The Balaban J connectivity index is 1.70. The molecule has 22 heavy (non-hydrogen) atoms. The molecule has 0 amide bonds. The molecule has 0 spiro atoms. The lowest BCUT2D eigenvalue weighted by Crippen LogP contribution is -1.81. The fraction of sp³-hybridized carbons (Fsp3) is 0.0476. The molecule has 0 aliphatic heterocycles. The van der Waals surface area contributed by atoms with Gasteiger partial charge in [0.15, 0.2) is 0 Å². The number of rotatable bonds is 2. The third-order valence-corrected chi connectivity index (χ3v) is 4.94. The number of aryl methyl sites for hydroxylation is 1. The van der Waals surface area contributed by atoms with E-state index in [1.165, 1.54) is 37.9 Å². The Labute approximate surface area is 134 Å². The fourth-order valence-corrected chi connectivity index (χ4v) is 3.56. The third kappa shape index (κ3) is 2.44. The molecule has 0 aliphatic carbocycles. The van der Waals surface area contributed by atoms with E-state index in [0.29, 0.717) is 0 Å². The average Bonchev–Trinajstić information content (AvgIpc) is 3.03. The summed E-state index contributed by atoms with van der Waals surface area (Å²) < 4.78 is 1.35. The molecule has 0 bridgehead atoms. The Morgan fingerprint density at radius 2 is 1.14 bits per heavy atom. The van der Waals surface area contributed by atoms with E-state index in [-0.39, 0.29) is 0 Å². The molecule has 0 fully saturated rings. The van der Waals surface area contributed by atoms with Crippen molar-refractivity contribution in [1.82, 2.24) is 0 Å². The largest absolute Gasteiger partial charge is 0.144 e. The van der Waals surface area contributed by atoms with Crippen LogP contribution < -0.4 is 0 Å². The molecule has 4 aromatic rings. The molecule has 0 atom stereocenters. The maximum absolute atomic E-state index is 2.28. The van der Waals surface area contributed by atoms with Gasteiger partial charge in [-0.1, -0.05) is 66.2 Å². The van der Waals surface area contributed by atoms with Gasteiger partial charge in [0.1, 0.15) is 0 Å². The first kappa shape index (κ1) is 13.3. The van der Waals surface area contributed by atoms with Crippen LogP contribution in [0, 0.1) is 6.92 Å². The quantitative estimate of drug-likeness (QED) is 0.394. The highest BCUT2D eigenvalue weighted by Crippen LogP contribution is 2.29. The zero-order chi connectivity index (χ0) is 14.9. The zero-order valence-electron chi connectivity index (χ0n) is 12.4. The van der Waals surface area contributed by atoms with Crippen molar-refractivity contribution in [1.29, 1.82) is 0 Å². The van der Waals surface area contributed by atoms with Crippen LogP contribution in [-0.4, -0.2) is 0 Å². The number of hydrogen-bond donors (Lipinski definition) is 0. The second-order valence-corrected chi connectivity index (χ2v) is 6.56. The van der Waals surface area contributed by atoms with Gasteiger partial charge in [-0.15, -0.1) is 11.3 Å². The molecule has 3 aromatic carbocycles. The van der Waals surface area contributed by atoms with E-state index in [4.69, 9.17) is 0 Å². The molecule has 106 valence electrons. The first-order chi connectivity index (χ1) is 10.8. The highest BCUT2D eigenvalue weighted by Gasteiger charge is 2.02. The van der Waals surface area contributed by atoms with Gasteiger partial charge in [0, 0.05) is 4.70 Å². The Bertz CT molecular complexity index is 912. The lowest BCUT2D eigenvalue weighted by atomic mass is 9.99. The molecule has 0 saturated carbocycles. The van der Waals surface area contributed by atoms with Gasteiger partial charge in [-0.2, -0.15) is 0 Å². The minimum Gasteiger partial charge on any atom is -0.144 e. The summed E-state index contributed by atoms with van der Waals surface area (Å²) in [6.07, 6.45) is 0. The van der Waals surface area contributed by atoms with Gasteiger partial charge in [-0.3, -0.25) is 0 Å². The van der Waals surface area contributed by atoms with E-state index in [2.05, 4.69) is 85.1 Å². The molecule has 0 unspecified atom stereocenters. The summed E-state index contributed by atoms with van der Waals surface area (Å²) in [5, 5.41) is 3.47. The average molecular weight is 300 g/mol. The molecule has 1 heterocycles. The molecular weight excluding hydrogens is 284 g/mol. The van der Waals surface area contributed by atoms with Crippen molar-refractivity contribution in [3.8, 4) is 22.3 Å². The van der Waals surface area contributed by atoms with E-state index in [0.717, 1.165) is 0 Å². The Hall–Kier alpha value is -2.38. The van der Waals surface area contributed by atoms with Crippen molar-refractivity contribution in [2.45, 2.75) is 6.92 Å². The molecule has 0 radical (unpaired) electrons. The van der Waals surface area contributed by atoms with Gasteiger partial charge >= 0.3 is 0 Å². The Kier molecular flexibility index (Phi) is 3.28. The van der Waals surface area contributed by atoms with Crippen LogP contribution in [0.15, 0.2) is 78.2 Å². The van der Waals surface area contributed by atoms with Crippen LogP contribution in [0.3, 0.4) is 0 Å². The summed E-state index contributed by atoms with van der Waals surface area (Å²) in [5.41, 5.74) is 6.38. The molecule has 0 nitrogen and oxygen atoms in total. The minimum absolute atomic E-state index is 1.26. The van der Waals surface area contributed by atoms with E-state index < -0.39 is 0 Å². The monoisotopic (exact) mass is 300 g/mol. The van der Waals surface area contributed by atoms with Gasteiger partial charge in [0.2, 0.25) is 0 Å². The van der Waals surface area contributed by atoms with Crippen LogP contribution >= 0.6 is 11.3 Å². The van der Waals surface area contributed by atoms with Crippen LogP contribution in [-0.2, 0) is 0 Å². The summed E-state index contributed by atoms with van der Waals surface area (Å²) in [6, 6.07) is 26.4. The molecule has 4 rings (SSSR count). The topological polar surface area (TPSA) is 0 Å². The van der Waals surface area contributed by atoms with Crippen LogP contribution in [0.2, 0.25) is 0 Å². The van der Waals surface area contributed by atoms with E-state index in [1.807, 2.05) is 0 Å². The maximum Gasteiger partial charge on any atom is 0.0348 e. The number of fused-ring (bicyclic) bond motifs is 1. The predicted octanol–water partition coefficient (Wildman–Crippen LogP) is 6.54. The van der Waals surface area contributed by atoms with Crippen LogP contribution in [0.5, 0.6) is 0 Å². The van der Waals surface area contributed by atoms with E-state index in [9.17, 15) is 0 Å². The highest BCUT2D eigenvalue weighted by atomic mass is 32.1. The Morgan fingerprint density at radius 1 is 0.591 bits per heavy atom. The molecule has 1 aromatic heterocycles. The van der Waals surface area contributed by atoms with Crippen molar-refractivity contribution < 1.29 is 0 Å². The molecule has 0 saturated heterocycles. The van der Waals surface area contributed by atoms with Gasteiger partial charge < -0.3 is 0 Å². The van der Waals surface area contributed by atoms with Gasteiger partial charge in [0.25, 0.3) is 0 Å². The van der Waals surface area contributed by atoms with E-state index in [1.54, 1.807) is 11.3 Å². The lowest BCUT2D eigenvalue weighted by molar-refractivity contribution is 1.47. The van der Waals surface area contributed by atoms with Crippen molar-refractivity contribution in [2.24, 2.45) is 0 Å². The standard InChI is InChI=1S/C21H16S/c1-15-2-4-16(5-3-15)17-6-8-18(9-7-17)20-11-10-19-12-13-22-21(19)14-20/h2-14H,1H3. The summed E-state index contributed by atoms with van der Waals surface area (Å²) in [5.74, 6) is 0. The summed E-state index contributed by atoms with van der Waals surface area (Å²) in [4.78, 5) is 0. The predicted molar refractivity (Wildman–Crippen MR) is 97.4 cm³/mol. The van der Waals surface area contributed by atoms with Crippen molar-refractivity contribution in [2.75, 3.05) is 0 Å². The second kappa shape index (κ2) is 5.43. The zero-order valence-corrected chi connectivity index (χ0v) is 13.2. The fourth-order valence-electron chi connectivity index (χ4n) is 2.74. The van der Waals surface area contributed by atoms with Gasteiger partial charge in [-0.25, -0.2) is 0 Å². The minimum atomic E-state index is 1.26. The molecule has 1 heteroatoms. The number of thiophene rings is 1. The maximum atomic E-state index is 2.28. The van der Waals surface area contributed by atoms with Crippen molar-refractivity contribution in [3.05, 3.63) is 83.7 Å². The normalized spacial score (nSPS) is 11.0. The second-order valence-electron chi connectivity index (χ2n) is 5.62. The van der Waals surface area contributed by atoms with E-state index >= 15 is 0 Å². The first-order valence-electron chi connectivity index (χ1n) is 7.44. The van der Waals surface area contributed by atoms with Crippen LogP contribution in [0.1, 0.15) is 5.56 Å². The van der Waals surface area contributed by atoms with Crippen molar-refractivity contribution >= 4 is 21.4 Å². The van der Waals surface area contributed by atoms with Gasteiger partial charge in [-0.05, 0) is 52.1 Å². The number of hydrogen-bond acceptors (Lipinski definition) is 1. The third-order valence-electron chi connectivity index (χ3n) is 4.06. The van der Waals surface area contributed by atoms with Crippen molar-refractivity contribution in [3.63, 3.8) is 0 Å². The first-order valence-corrected chi connectivity index (χ1v) is 8.32. The summed E-state index contributed by atoms with van der Waals surface area (Å²) in [6.45, 7) is 2.12. The highest BCUT2D eigenvalue weighted by molar-refractivity contribution is 7.17. The molecule has 0 aliphatic rings. The summed E-state index contributed by atoms with van der Waals surface area (Å²) in [7, 11) is 0. The van der Waals surface area contributed by atoms with Crippen LogP contribution in [0.4, 0.5) is 0 Å². The molecule has 0 N–H and O–H groups in total. The van der Waals surface area contributed by atoms with Crippen LogP contribution in [0.25, 0.3) is 32.3 Å². The Morgan fingerprint density at radius 3 is 1.82 bits per heavy atom. The number of benzene rings is 3. The lowest BCUT2D eigenvalue weighted by Gasteiger charge is -2.06. The summed E-state index contributed by atoms with van der Waals surface area (Å²) >= 11 is 1.80. The van der Waals surface area contributed by atoms with Gasteiger partial charge in [0.05, 0.1) is 0 Å².